The Morgan fingerprint density at radius 3 is 2.74 bits per heavy atom. The van der Waals surface area contributed by atoms with Gasteiger partial charge in [-0.15, -0.1) is 0 Å². The Kier molecular flexibility index (Phi) is 4.77. The number of nitrogens with one attached hydrogen (secondary N) is 1. The second-order valence-corrected chi connectivity index (χ2v) is 7.89. The van der Waals surface area contributed by atoms with Crippen LogP contribution >= 0.6 is 0 Å². The lowest BCUT2D eigenvalue weighted by molar-refractivity contribution is -0.131. The molecule has 0 atom stereocenters. The van der Waals surface area contributed by atoms with E-state index in [1.807, 2.05) is 23.2 Å². The summed E-state index contributed by atoms with van der Waals surface area (Å²) in [7, 11) is 0. The fourth-order valence-corrected chi connectivity index (χ4v) is 4.29. The number of aromatic nitrogens is 3. The van der Waals surface area contributed by atoms with Gasteiger partial charge in [-0.25, -0.2) is 4.98 Å². The van der Waals surface area contributed by atoms with E-state index in [0.717, 1.165) is 48.1 Å². The van der Waals surface area contributed by atoms with Crippen molar-refractivity contribution in [3.8, 4) is 0 Å². The third-order valence-corrected chi connectivity index (χ3v) is 5.82. The zero-order valence-corrected chi connectivity index (χ0v) is 16.4. The van der Waals surface area contributed by atoms with Gasteiger partial charge in [-0.05, 0) is 45.2 Å². The zero-order chi connectivity index (χ0) is 19.0. The number of aryl methyl sites for hydroxylation is 1. The van der Waals surface area contributed by atoms with Gasteiger partial charge in [-0.3, -0.25) is 4.79 Å². The van der Waals surface area contributed by atoms with E-state index in [-0.39, 0.29) is 5.91 Å². The number of fused-ring (bicyclic) bond motifs is 1. The molecule has 2 aromatic heterocycles. The summed E-state index contributed by atoms with van der Waals surface area (Å²) >= 11 is 0. The first kappa shape index (κ1) is 17.8. The molecule has 0 radical (unpaired) electrons. The van der Waals surface area contributed by atoms with Crippen molar-refractivity contribution < 1.29 is 4.79 Å². The molecule has 0 bridgehead atoms. The van der Waals surface area contributed by atoms with Gasteiger partial charge in [0, 0.05) is 54.0 Å². The Balaban J connectivity index is 1.43. The van der Waals surface area contributed by atoms with Crippen LogP contribution in [0, 0.1) is 6.92 Å². The van der Waals surface area contributed by atoms with Crippen molar-refractivity contribution in [2.45, 2.75) is 52.0 Å². The highest BCUT2D eigenvalue weighted by Crippen LogP contribution is 2.29. The number of aromatic amines is 1. The van der Waals surface area contributed by atoms with Gasteiger partial charge in [0.15, 0.2) is 0 Å². The van der Waals surface area contributed by atoms with Crippen molar-refractivity contribution in [2.75, 3.05) is 13.1 Å². The van der Waals surface area contributed by atoms with Crippen LogP contribution in [0.3, 0.4) is 0 Å². The molecule has 142 valence electrons. The maximum atomic E-state index is 12.9. The highest BCUT2D eigenvalue weighted by atomic mass is 16.2. The monoisotopic (exact) mass is 364 g/mol. The van der Waals surface area contributed by atoms with Crippen molar-refractivity contribution in [1.29, 1.82) is 0 Å². The Morgan fingerprint density at radius 1 is 1.26 bits per heavy atom. The Hall–Kier alpha value is -2.56. The van der Waals surface area contributed by atoms with E-state index in [0.29, 0.717) is 18.4 Å². The number of para-hydroxylation sites is 1. The number of hydrogen-bond acceptors (Lipinski definition) is 2. The van der Waals surface area contributed by atoms with Gasteiger partial charge < -0.3 is 14.5 Å². The highest BCUT2D eigenvalue weighted by Gasteiger charge is 2.27. The number of hydrogen-bond donors (Lipinski definition) is 1. The number of piperidine rings is 1. The molecule has 1 aromatic carbocycles. The predicted octanol–water partition coefficient (Wildman–Crippen LogP) is 4.20. The molecule has 1 amide bonds. The molecule has 5 heteroatoms. The SMILES string of the molecule is Cc1[nH]c2ccccc2c1CC(=O)N1CCC(c2nccn2C(C)C)CC1. The molecule has 1 aliphatic heterocycles. The van der Waals surface area contributed by atoms with Crippen LogP contribution in [-0.2, 0) is 11.2 Å². The molecule has 0 saturated carbocycles. The highest BCUT2D eigenvalue weighted by molar-refractivity contribution is 5.90. The summed E-state index contributed by atoms with van der Waals surface area (Å²) in [5.41, 5.74) is 3.34. The van der Waals surface area contributed by atoms with Crippen LogP contribution in [0.5, 0.6) is 0 Å². The number of likely N-dealkylation sites (tertiary alicyclic amines) is 1. The summed E-state index contributed by atoms with van der Waals surface area (Å²) in [6.07, 6.45) is 6.41. The lowest BCUT2D eigenvalue weighted by Crippen LogP contribution is -2.39. The number of rotatable bonds is 4. The smallest absolute Gasteiger partial charge is 0.227 e. The van der Waals surface area contributed by atoms with Gasteiger partial charge in [0.2, 0.25) is 5.91 Å². The molecule has 1 fully saturated rings. The predicted molar refractivity (Wildman–Crippen MR) is 108 cm³/mol. The van der Waals surface area contributed by atoms with E-state index in [1.54, 1.807) is 0 Å². The molecule has 3 heterocycles. The van der Waals surface area contributed by atoms with Crippen LogP contribution in [0.2, 0.25) is 0 Å². The zero-order valence-electron chi connectivity index (χ0n) is 16.4. The van der Waals surface area contributed by atoms with Crippen LogP contribution in [0.25, 0.3) is 10.9 Å². The summed E-state index contributed by atoms with van der Waals surface area (Å²) in [4.78, 5) is 22.9. The average Bonchev–Trinajstić information content (AvgIpc) is 3.27. The van der Waals surface area contributed by atoms with Gasteiger partial charge in [-0.1, -0.05) is 18.2 Å². The second kappa shape index (κ2) is 7.22. The van der Waals surface area contributed by atoms with Gasteiger partial charge in [0.25, 0.3) is 0 Å². The van der Waals surface area contributed by atoms with E-state index < -0.39 is 0 Å². The average molecular weight is 364 g/mol. The first-order chi connectivity index (χ1) is 13.0. The van der Waals surface area contributed by atoms with Crippen molar-refractivity contribution in [3.63, 3.8) is 0 Å². The normalized spacial score (nSPS) is 15.8. The molecule has 5 nitrogen and oxygen atoms in total. The second-order valence-electron chi connectivity index (χ2n) is 7.89. The standard InChI is InChI=1S/C22H28N4O/c1-15(2)26-13-10-23-22(26)17-8-11-25(12-9-17)21(27)14-19-16(3)24-20-7-5-4-6-18(19)20/h4-7,10,13,15,17,24H,8-9,11-12,14H2,1-3H3. The topological polar surface area (TPSA) is 53.9 Å². The van der Waals surface area contributed by atoms with E-state index in [1.165, 1.54) is 5.82 Å². The minimum Gasteiger partial charge on any atom is -0.358 e. The van der Waals surface area contributed by atoms with Crippen LogP contribution < -0.4 is 0 Å². The number of nitrogens with zero attached hydrogens (tertiary/aromatic N) is 3. The van der Waals surface area contributed by atoms with Gasteiger partial charge in [0.05, 0.1) is 6.42 Å². The number of benzene rings is 1. The Labute approximate surface area is 160 Å². The third kappa shape index (κ3) is 3.38. The van der Waals surface area contributed by atoms with Crippen LogP contribution in [0.15, 0.2) is 36.7 Å². The molecule has 27 heavy (non-hydrogen) atoms. The Bertz CT molecular complexity index is 944. The van der Waals surface area contributed by atoms with Crippen molar-refractivity contribution in [1.82, 2.24) is 19.4 Å². The summed E-state index contributed by atoms with van der Waals surface area (Å²) in [6, 6.07) is 8.65. The number of carbonyl (C=O) groups excluding carboxylic acids is 1. The number of carbonyl (C=O) groups is 1. The molecule has 1 N–H and O–H groups in total. The molecule has 1 saturated heterocycles. The Morgan fingerprint density at radius 2 is 2.00 bits per heavy atom. The van der Waals surface area contributed by atoms with E-state index in [2.05, 4.69) is 53.6 Å². The third-order valence-electron chi connectivity index (χ3n) is 5.82. The minimum atomic E-state index is 0.230. The largest absolute Gasteiger partial charge is 0.358 e. The van der Waals surface area contributed by atoms with E-state index in [9.17, 15) is 4.79 Å². The van der Waals surface area contributed by atoms with Gasteiger partial charge >= 0.3 is 0 Å². The maximum absolute atomic E-state index is 12.9. The summed E-state index contributed by atoms with van der Waals surface area (Å²) < 4.78 is 2.26. The molecular formula is C22H28N4O. The van der Waals surface area contributed by atoms with Crippen LogP contribution in [0.1, 0.15) is 55.7 Å². The fourth-order valence-electron chi connectivity index (χ4n) is 4.29. The van der Waals surface area contributed by atoms with Crippen LogP contribution in [-0.4, -0.2) is 38.4 Å². The van der Waals surface area contributed by atoms with Crippen LogP contribution in [0.4, 0.5) is 0 Å². The lowest BCUT2D eigenvalue weighted by atomic mass is 9.95. The summed E-state index contributed by atoms with van der Waals surface area (Å²) in [5, 5.41) is 1.16. The molecule has 1 aliphatic rings. The lowest BCUT2D eigenvalue weighted by Gasteiger charge is -2.32. The first-order valence-electron chi connectivity index (χ1n) is 9.91. The number of imidazole rings is 1. The van der Waals surface area contributed by atoms with Crippen molar-refractivity contribution >= 4 is 16.8 Å². The van der Waals surface area contributed by atoms with Gasteiger partial charge in [0.1, 0.15) is 5.82 Å². The molecule has 3 aromatic rings. The quantitative estimate of drug-likeness (QED) is 0.754. The maximum Gasteiger partial charge on any atom is 0.227 e. The molecule has 0 unspecified atom stereocenters. The molecular weight excluding hydrogens is 336 g/mol. The van der Waals surface area contributed by atoms with E-state index >= 15 is 0 Å². The van der Waals surface area contributed by atoms with E-state index in [4.69, 9.17) is 0 Å². The van der Waals surface area contributed by atoms with Crippen molar-refractivity contribution in [2.24, 2.45) is 0 Å². The van der Waals surface area contributed by atoms with Gasteiger partial charge in [-0.2, -0.15) is 0 Å². The van der Waals surface area contributed by atoms with Crippen molar-refractivity contribution in [3.05, 3.63) is 53.7 Å². The number of amides is 1. The molecule has 0 aliphatic carbocycles. The first-order valence-corrected chi connectivity index (χ1v) is 9.91. The molecule has 0 spiro atoms. The number of H-pyrrole nitrogens is 1. The fraction of sp³-hybridized carbons (Fsp3) is 0.455. The summed E-state index contributed by atoms with van der Waals surface area (Å²) in [5.74, 6) is 1.85. The molecule has 4 rings (SSSR count). The minimum absolute atomic E-state index is 0.230. The summed E-state index contributed by atoms with van der Waals surface area (Å²) in [6.45, 7) is 8.06.